The standard InChI is InChI=1S/C40H63O8P/c1-4-6-8-10-12-14-16-18-20-22-24-26-28-30-32-34-39(41)46-36-38(37-47-49(43,44)45-3)48-40(42)35-33-31-29-27-25-23-21-19-17-15-13-11-9-7-5-2/h6-9,12-15,18-21,25,27,31,33,38H,4-5,10-11,16-17,22-24,26,28-30,32,34-37H2,1-3H3,(H,43,44)/b8-6-,9-7-,14-12-,15-13-,20-18-,21-19-,27-25-,33-31-. The first-order valence-corrected chi connectivity index (χ1v) is 19.4. The minimum Gasteiger partial charge on any atom is -0.462 e. The van der Waals surface area contributed by atoms with E-state index in [-0.39, 0.29) is 19.4 Å². The number of ether oxygens (including phenoxy) is 2. The summed E-state index contributed by atoms with van der Waals surface area (Å²) < 4.78 is 31.7. The predicted octanol–water partition coefficient (Wildman–Crippen LogP) is 10.9. The van der Waals surface area contributed by atoms with Crippen LogP contribution in [0.15, 0.2) is 97.2 Å². The maximum atomic E-state index is 12.4. The van der Waals surface area contributed by atoms with Crippen LogP contribution in [0.1, 0.15) is 117 Å². The van der Waals surface area contributed by atoms with Gasteiger partial charge in [0.05, 0.1) is 13.0 Å². The molecule has 276 valence electrons. The Bertz CT molecular complexity index is 1110. The number of phosphoric ester groups is 1. The third-order valence-corrected chi connectivity index (χ3v) is 7.79. The fraction of sp³-hybridized carbons (Fsp3) is 0.550. The molecule has 1 N–H and O–H groups in total. The molecule has 0 saturated heterocycles. The van der Waals surface area contributed by atoms with Gasteiger partial charge in [-0.2, -0.15) is 0 Å². The first-order chi connectivity index (χ1) is 23.8. The molecular formula is C40H63O8P. The van der Waals surface area contributed by atoms with Crippen molar-refractivity contribution >= 4 is 19.8 Å². The lowest BCUT2D eigenvalue weighted by Gasteiger charge is -2.19. The molecule has 0 rings (SSSR count). The maximum Gasteiger partial charge on any atom is 0.472 e. The Morgan fingerprint density at radius 2 is 1.04 bits per heavy atom. The van der Waals surface area contributed by atoms with Crippen LogP contribution in [0, 0.1) is 0 Å². The third-order valence-electron chi connectivity index (χ3n) is 6.86. The maximum absolute atomic E-state index is 12.4. The number of allylic oxidation sites excluding steroid dienone is 15. The number of hydrogen-bond donors (Lipinski definition) is 1. The molecule has 0 aliphatic rings. The van der Waals surface area contributed by atoms with E-state index in [1.54, 1.807) is 6.08 Å². The second-order valence-corrected chi connectivity index (χ2v) is 12.8. The van der Waals surface area contributed by atoms with E-state index in [0.29, 0.717) is 12.8 Å². The van der Waals surface area contributed by atoms with Crippen molar-refractivity contribution in [3.63, 3.8) is 0 Å². The smallest absolute Gasteiger partial charge is 0.462 e. The molecule has 0 aromatic carbocycles. The lowest BCUT2D eigenvalue weighted by molar-refractivity contribution is -0.160. The van der Waals surface area contributed by atoms with Crippen molar-refractivity contribution in [2.45, 2.75) is 123 Å². The number of carbonyl (C=O) groups excluding carboxylic acids is 2. The zero-order chi connectivity index (χ0) is 36.1. The molecule has 8 nitrogen and oxygen atoms in total. The molecule has 0 aromatic rings. The number of phosphoric acid groups is 1. The quantitative estimate of drug-likeness (QED) is 0.0329. The van der Waals surface area contributed by atoms with E-state index in [1.807, 2.05) is 12.2 Å². The summed E-state index contributed by atoms with van der Waals surface area (Å²) in [4.78, 5) is 34.2. The lowest BCUT2D eigenvalue weighted by Crippen LogP contribution is -2.29. The van der Waals surface area contributed by atoms with Crippen LogP contribution in [-0.4, -0.2) is 43.3 Å². The molecule has 2 unspecified atom stereocenters. The minimum atomic E-state index is -4.29. The van der Waals surface area contributed by atoms with Crippen LogP contribution in [0.4, 0.5) is 0 Å². The second-order valence-electron chi connectivity index (χ2n) is 11.3. The number of rotatable bonds is 31. The van der Waals surface area contributed by atoms with Crippen molar-refractivity contribution in [3.8, 4) is 0 Å². The first kappa shape index (κ1) is 46.0. The molecule has 0 saturated carbocycles. The molecule has 0 heterocycles. The van der Waals surface area contributed by atoms with Gasteiger partial charge in [-0.3, -0.25) is 18.6 Å². The lowest BCUT2D eigenvalue weighted by atomic mass is 10.1. The molecule has 9 heteroatoms. The fourth-order valence-corrected chi connectivity index (χ4v) is 4.62. The van der Waals surface area contributed by atoms with E-state index in [2.05, 4.69) is 97.4 Å². The molecule has 0 amide bonds. The Balaban J connectivity index is 4.29. The van der Waals surface area contributed by atoms with Gasteiger partial charge in [-0.25, -0.2) is 4.57 Å². The van der Waals surface area contributed by atoms with Crippen molar-refractivity contribution in [1.29, 1.82) is 0 Å². The van der Waals surface area contributed by atoms with Gasteiger partial charge >= 0.3 is 19.8 Å². The molecule has 0 spiro atoms. The van der Waals surface area contributed by atoms with Gasteiger partial charge in [0.15, 0.2) is 6.10 Å². The zero-order valence-electron chi connectivity index (χ0n) is 30.3. The van der Waals surface area contributed by atoms with Crippen molar-refractivity contribution in [1.82, 2.24) is 0 Å². The molecule has 0 aromatic heterocycles. The average Bonchev–Trinajstić information content (AvgIpc) is 3.09. The Labute approximate surface area is 297 Å². The van der Waals surface area contributed by atoms with Crippen LogP contribution in [0.5, 0.6) is 0 Å². The molecule has 0 aliphatic carbocycles. The van der Waals surface area contributed by atoms with Gasteiger partial charge in [-0.1, -0.05) is 130 Å². The van der Waals surface area contributed by atoms with Crippen molar-refractivity contribution in [2.75, 3.05) is 20.3 Å². The van der Waals surface area contributed by atoms with Gasteiger partial charge in [0, 0.05) is 13.5 Å². The minimum absolute atomic E-state index is 0.00279. The number of hydrogen-bond acceptors (Lipinski definition) is 7. The summed E-state index contributed by atoms with van der Waals surface area (Å²) >= 11 is 0. The molecule has 2 atom stereocenters. The number of esters is 2. The normalized spacial score (nSPS) is 14.6. The topological polar surface area (TPSA) is 108 Å². The van der Waals surface area contributed by atoms with Crippen LogP contribution in [-0.2, 0) is 32.7 Å². The summed E-state index contributed by atoms with van der Waals surface area (Å²) in [5, 5.41) is 0. The van der Waals surface area contributed by atoms with E-state index >= 15 is 0 Å². The van der Waals surface area contributed by atoms with Gasteiger partial charge in [-0.05, 0) is 70.6 Å². The predicted molar refractivity (Wildman–Crippen MR) is 202 cm³/mol. The van der Waals surface area contributed by atoms with Gasteiger partial charge in [0.25, 0.3) is 0 Å². The summed E-state index contributed by atoms with van der Waals surface area (Å²) in [7, 11) is -3.26. The van der Waals surface area contributed by atoms with Crippen molar-refractivity contribution in [3.05, 3.63) is 97.2 Å². The van der Waals surface area contributed by atoms with E-state index in [4.69, 9.17) is 14.0 Å². The molecule has 0 aliphatic heterocycles. The van der Waals surface area contributed by atoms with E-state index in [9.17, 15) is 19.0 Å². The summed E-state index contributed by atoms with van der Waals surface area (Å²) in [6.45, 7) is 3.53. The second kappa shape index (κ2) is 34.8. The van der Waals surface area contributed by atoms with Crippen molar-refractivity contribution in [2.24, 2.45) is 0 Å². The monoisotopic (exact) mass is 702 g/mol. The van der Waals surface area contributed by atoms with Gasteiger partial charge in [-0.15, -0.1) is 0 Å². The fourth-order valence-electron chi connectivity index (χ4n) is 4.16. The largest absolute Gasteiger partial charge is 0.472 e. The number of carbonyl (C=O) groups is 2. The first-order valence-electron chi connectivity index (χ1n) is 17.9. The highest BCUT2D eigenvalue weighted by Gasteiger charge is 2.24. The molecule has 49 heavy (non-hydrogen) atoms. The van der Waals surface area contributed by atoms with Crippen LogP contribution < -0.4 is 0 Å². The van der Waals surface area contributed by atoms with Gasteiger partial charge in [0.2, 0.25) is 0 Å². The Kier molecular flexibility index (Phi) is 32.7. The highest BCUT2D eigenvalue weighted by atomic mass is 31.2. The zero-order valence-corrected chi connectivity index (χ0v) is 31.2. The Morgan fingerprint density at radius 3 is 1.55 bits per heavy atom. The third kappa shape index (κ3) is 34.6. The van der Waals surface area contributed by atoms with Crippen LogP contribution >= 0.6 is 7.82 Å². The summed E-state index contributed by atoms with van der Waals surface area (Å²) in [6.07, 6.45) is 46.3. The summed E-state index contributed by atoms with van der Waals surface area (Å²) in [6, 6.07) is 0. The Morgan fingerprint density at radius 1 is 0.592 bits per heavy atom. The van der Waals surface area contributed by atoms with E-state index < -0.39 is 32.5 Å². The Hall–Kier alpha value is -3.03. The molecule has 0 bridgehead atoms. The molecular weight excluding hydrogens is 639 g/mol. The summed E-state index contributed by atoms with van der Waals surface area (Å²) in [5.41, 5.74) is 0. The number of unbranched alkanes of at least 4 members (excludes halogenated alkanes) is 5. The van der Waals surface area contributed by atoms with Gasteiger partial charge < -0.3 is 14.4 Å². The molecule has 0 radical (unpaired) electrons. The van der Waals surface area contributed by atoms with E-state index in [1.165, 1.54) is 0 Å². The summed E-state index contributed by atoms with van der Waals surface area (Å²) in [5.74, 6) is -0.985. The van der Waals surface area contributed by atoms with Crippen LogP contribution in [0.25, 0.3) is 0 Å². The van der Waals surface area contributed by atoms with Crippen LogP contribution in [0.3, 0.4) is 0 Å². The SMILES string of the molecule is CC/C=C\C/C=C\C/C=C\C/C=C\C/C=C\CC(=O)OC(COC(=O)CCCCCCC/C=C\C/C=C\C/C=C\CC)COP(=O)(O)OC. The van der Waals surface area contributed by atoms with Crippen molar-refractivity contribution < 1.29 is 37.6 Å². The van der Waals surface area contributed by atoms with Gasteiger partial charge in [0.1, 0.15) is 6.61 Å². The average molecular weight is 703 g/mol. The van der Waals surface area contributed by atoms with Crippen LogP contribution in [0.2, 0.25) is 0 Å². The highest BCUT2D eigenvalue weighted by molar-refractivity contribution is 7.47. The molecule has 0 fully saturated rings. The van der Waals surface area contributed by atoms with E-state index in [0.717, 1.165) is 84.2 Å². The highest BCUT2D eigenvalue weighted by Crippen LogP contribution is 2.42.